The minimum atomic E-state index is 0.740. The Hall–Kier alpha value is -0.0600. The van der Waals surface area contributed by atoms with Crippen LogP contribution in [0, 0.1) is 6.92 Å². The highest BCUT2D eigenvalue weighted by Gasteiger charge is 2.12. The van der Waals surface area contributed by atoms with Gasteiger partial charge in [-0.15, -0.1) is 0 Å². The Morgan fingerprint density at radius 2 is 2.21 bits per heavy atom. The van der Waals surface area contributed by atoms with Crippen molar-refractivity contribution in [1.82, 2.24) is 14.7 Å². The first-order valence-electron chi connectivity index (χ1n) is 4.48. The van der Waals surface area contributed by atoms with Crippen molar-refractivity contribution >= 4 is 27.5 Å². The molecule has 14 heavy (non-hydrogen) atoms. The molecule has 0 radical (unpaired) electrons. The van der Waals surface area contributed by atoms with Crippen LogP contribution in [-0.4, -0.2) is 33.6 Å². The number of nitrogens with zero attached hydrogens (tertiary/aromatic N) is 3. The standard InChI is InChI=1S/C9H15BrClN3/c1-7-8(6-13(2)5-4-10)9(11)14(3)12-7/h4-6H2,1-3H3. The fourth-order valence-corrected chi connectivity index (χ4v) is 2.19. The molecule has 0 saturated heterocycles. The largest absolute Gasteiger partial charge is 0.301 e. The van der Waals surface area contributed by atoms with Gasteiger partial charge in [0.25, 0.3) is 0 Å². The number of hydrogen-bond acceptors (Lipinski definition) is 2. The van der Waals surface area contributed by atoms with Crippen LogP contribution < -0.4 is 0 Å². The van der Waals surface area contributed by atoms with Crippen LogP contribution in [0.25, 0.3) is 0 Å². The van der Waals surface area contributed by atoms with Gasteiger partial charge in [-0.1, -0.05) is 27.5 Å². The molecule has 3 nitrogen and oxygen atoms in total. The molecule has 0 fully saturated rings. The third-order valence-electron chi connectivity index (χ3n) is 2.16. The Morgan fingerprint density at radius 3 is 2.64 bits per heavy atom. The van der Waals surface area contributed by atoms with Crippen molar-refractivity contribution in [3.8, 4) is 0 Å². The lowest BCUT2D eigenvalue weighted by molar-refractivity contribution is 0.349. The average molecular weight is 281 g/mol. The van der Waals surface area contributed by atoms with Gasteiger partial charge in [-0.25, -0.2) is 0 Å². The normalized spacial score (nSPS) is 11.3. The van der Waals surface area contributed by atoms with E-state index in [4.69, 9.17) is 11.6 Å². The van der Waals surface area contributed by atoms with E-state index in [2.05, 4.69) is 33.0 Å². The monoisotopic (exact) mass is 279 g/mol. The maximum Gasteiger partial charge on any atom is 0.131 e. The van der Waals surface area contributed by atoms with E-state index < -0.39 is 0 Å². The Labute approximate surface area is 98.2 Å². The summed E-state index contributed by atoms with van der Waals surface area (Å²) in [4.78, 5) is 2.21. The van der Waals surface area contributed by atoms with E-state index in [1.54, 1.807) is 4.68 Å². The molecule has 0 aromatic carbocycles. The van der Waals surface area contributed by atoms with Gasteiger partial charge in [-0.3, -0.25) is 4.68 Å². The second-order valence-electron chi connectivity index (χ2n) is 3.41. The number of alkyl halides is 1. The van der Waals surface area contributed by atoms with Gasteiger partial charge in [0, 0.05) is 31.0 Å². The molecule has 0 aliphatic carbocycles. The van der Waals surface area contributed by atoms with Gasteiger partial charge >= 0.3 is 0 Å². The summed E-state index contributed by atoms with van der Waals surface area (Å²) in [6.07, 6.45) is 0. The molecule has 0 amide bonds. The fourth-order valence-electron chi connectivity index (χ4n) is 1.35. The summed E-state index contributed by atoms with van der Waals surface area (Å²) in [7, 11) is 3.94. The van der Waals surface area contributed by atoms with Crippen LogP contribution in [0.5, 0.6) is 0 Å². The first kappa shape index (κ1) is 12.0. The Balaban J connectivity index is 2.75. The Kier molecular flexibility index (Phi) is 4.41. The number of halogens is 2. The highest BCUT2D eigenvalue weighted by atomic mass is 79.9. The summed E-state index contributed by atoms with van der Waals surface area (Å²) in [5.74, 6) is 0. The van der Waals surface area contributed by atoms with Gasteiger partial charge < -0.3 is 4.90 Å². The average Bonchev–Trinajstić information content (AvgIpc) is 2.33. The smallest absolute Gasteiger partial charge is 0.131 e. The predicted octanol–water partition coefficient (Wildman–Crippen LogP) is 2.21. The van der Waals surface area contributed by atoms with E-state index >= 15 is 0 Å². The molecule has 0 saturated carbocycles. The van der Waals surface area contributed by atoms with Gasteiger partial charge in [0.2, 0.25) is 0 Å². The Morgan fingerprint density at radius 1 is 1.57 bits per heavy atom. The van der Waals surface area contributed by atoms with Crippen molar-refractivity contribution in [3.05, 3.63) is 16.4 Å². The molecule has 1 rings (SSSR count). The van der Waals surface area contributed by atoms with E-state index in [9.17, 15) is 0 Å². The number of aromatic nitrogens is 2. The van der Waals surface area contributed by atoms with Crippen LogP contribution in [0.4, 0.5) is 0 Å². The second-order valence-corrected chi connectivity index (χ2v) is 4.56. The molecule has 1 aromatic heterocycles. The number of rotatable bonds is 4. The lowest BCUT2D eigenvalue weighted by Gasteiger charge is -2.14. The van der Waals surface area contributed by atoms with Crippen molar-refractivity contribution in [2.45, 2.75) is 13.5 Å². The molecule has 5 heteroatoms. The minimum absolute atomic E-state index is 0.740. The van der Waals surface area contributed by atoms with Crippen molar-refractivity contribution in [2.75, 3.05) is 18.9 Å². The summed E-state index contributed by atoms with van der Waals surface area (Å²) >= 11 is 9.53. The molecule has 1 aromatic rings. The molecule has 1 heterocycles. The van der Waals surface area contributed by atoms with Gasteiger partial charge in [0.1, 0.15) is 5.15 Å². The number of aryl methyl sites for hydroxylation is 2. The van der Waals surface area contributed by atoms with E-state index in [1.165, 1.54) is 0 Å². The highest BCUT2D eigenvalue weighted by molar-refractivity contribution is 9.09. The van der Waals surface area contributed by atoms with Gasteiger partial charge in [-0.2, -0.15) is 5.10 Å². The van der Waals surface area contributed by atoms with E-state index in [0.717, 1.165) is 34.8 Å². The van der Waals surface area contributed by atoms with Crippen molar-refractivity contribution in [2.24, 2.45) is 7.05 Å². The summed E-state index contributed by atoms with van der Waals surface area (Å²) in [6, 6.07) is 0. The first-order chi connectivity index (χ1) is 6.56. The zero-order chi connectivity index (χ0) is 10.7. The highest BCUT2D eigenvalue weighted by Crippen LogP contribution is 2.19. The quantitative estimate of drug-likeness (QED) is 0.789. The van der Waals surface area contributed by atoms with Crippen molar-refractivity contribution in [3.63, 3.8) is 0 Å². The molecular weight excluding hydrogens is 265 g/mol. The van der Waals surface area contributed by atoms with Crippen LogP contribution in [0.15, 0.2) is 0 Å². The molecule has 0 atom stereocenters. The predicted molar refractivity (Wildman–Crippen MR) is 63.1 cm³/mol. The summed E-state index contributed by atoms with van der Waals surface area (Å²) in [5.41, 5.74) is 2.14. The minimum Gasteiger partial charge on any atom is -0.301 e. The molecule has 0 unspecified atom stereocenters. The number of hydrogen-bond donors (Lipinski definition) is 0. The van der Waals surface area contributed by atoms with E-state index in [1.807, 2.05) is 14.0 Å². The molecule has 0 bridgehead atoms. The van der Waals surface area contributed by atoms with Crippen molar-refractivity contribution in [1.29, 1.82) is 0 Å². The van der Waals surface area contributed by atoms with Crippen LogP contribution in [0.3, 0.4) is 0 Å². The molecule has 0 N–H and O–H groups in total. The molecule has 0 aliphatic rings. The van der Waals surface area contributed by atoms with Crippen LogP contribution in [0.1, 0.15) is 11.3 Å². The third kappa shape index (κ3) is 2.72. The zero-order valence-electron chi connectivity index (χ0n) is 8.72. The van der Waals surface area contributed by atoms with Gasteiger partial charge in [0.15, 0.2) is 0 Å². The maximum atomic E-state index is 6.12. The molecule has 0 spiro atoms. The first-order valence-corrected chi connectivity index (χ1v) is 5.98. The van der Waals surface area contributed by atoms with Crippen molar-refractivity contribution < 1.29 is 0 Å². The summed E-state index contributed by atoms with van der Waals surface area (Å²) < 4.78 is 1.72. The molecule has 0 aliphatic heterocycles. The maximum absolute atomic E-state index is 6.12. The van der Waals surface area contributed by atoms with Gasteiger partial charge in [-0.05, 0) is 14.0 Å². The molecule has 80 valence electrons. The summed E-state index contributed by atoms with van der Waals surface area (Å²) in [6.45, 7) is 3.85. The van der Waals surface area contributed by atoms with Gasteiger partial charge in [0.05, 0.1) is 5.69 Å². The Bertz CT molecular complexity index is 311. The lowest BCUT2D eigenvalue weighted by Crippen LogP contribution is -2.20. The van der Waals surface area contributed by atoms with E-state index in [0.29, 0.717) is 0 Å². The lowest BCUT2D eigenvalue weighted by atomic mass is 10.2. The van der Waals surface area contributed by atoms with Crippen LogP contribution in [0.2, 0.25) is 5.15 Å². The van der Waals surface area contributed by atoms with Crippen LogP contribution in [-0.2, 0) is 13.6 Å². The third-order valence-corrected chi connectivity index (χ3v) is 2.99. The fraction of sp³-hybridized carbons (Fsp3) is 0.667. The second kappa shape index (κ2) is 5.14. The topological polar surface area (TPSA) is 21.1 Å². The molecular formula is C9H15BrClN3. The van der Waals surface area contributed by atoms with E-state index in [-0.39, 0.29) is 0 Å². The SMILES string of the molecule is Cc1nn(C)c(Cl)c1CN(C)CCBr. The summed E-state index contributed by atoms with van der Waals surface area (Å²) in [5, 5.41) is 5.98. The zero-order valence-corrected chi connectivity index (χ0v) is 11.1. The van der Waals surface area contributed by atoms with Crippen LogP contribution >= 0.6 is 27.5 Å².